The lowest BCUT2D eigenvalue weighted by Gasteiger charge is -2.17. The van der Waals surface area contributed by atoms with Gasteiger partial charge >= 0.3 is 6.18 Å². The number of fused-ring (bicyclic) bond motifs is 2. The molecule has 5 rings (SSSR count). The third-order valence-corrected chi connectivity index (χ3v) is 7.15. The zero-order chi connectivity index (χ0) is 27.4. The van der Waals surface area contributed by atoms with E-state index in [4.69, 9.17) is 17.3 Å². The summed E-state index contributed by atoms with van der Waals surface area (Å²) in [6.45, 7) is 0.150. The van der Waals surface area contributed by atoms with E-state index in [0.29, 0.717) is 21.5 Å². The summed E-state index contributed by atoms with van der Waals surface area (Å²) in [4.78, 5) is 17.6. The predicted molar refractivity (Wildman–Crippen MR) is 140 cm³/mol. The molecule has 0 fully saturated rings. The van der Waals surface area contributed by atoms with Gasteiger partial charge in [-0.3, -0.25) is 14.0 Å². The van der Waals surface area contributed by atoms with E-state index in [1.165, 1.54) is 35.0 Å². The van der Waals surface area contributed by atoms with Crippen molar-refractivity contribution in [2.75, 3.05) is 17.7 Å². The maximum Gasteiger partial charge on any atom is 0.433 e. The maximum absolute atomic E-state index is 13.8. The molecule has 0 aliphatic heterocycles. The van der Waals surface area contributed by atoms with Gasteiger partial charge in [0.1, 0.15) is 21.2 Å². The summed E-state index contributed by atoms with van der Waals surface area (Å²) in [6.07, 6.45) is -1.95. The first-order valence-electron chi connectivity index (χ1n) is 11.2. The van der Waals surface area contributed by atoms with Crippen LogP contribution in [0.2, 0.25) is 5.02 Å². The lowest BCUT2D eigenvalue weighted by Crippen LogP contribution is -2.24. The van der Waals surface area contributed by atoms with Gasteiger partial charge in [-0.15, -0.1) is 0 Å². The van der Waals surface area contributed by atoms with E-state index < -0.39 is 27.3 Å². The second-order valence-corrected chi connectivity index (χ2v) is 11.5. The van der Waals surface area contributed by atoms with E-state index in [0.717, 1.165) is 16.9 Å². The fourth-order valence-electron chi connectivity index (χ4n) is 4.16. The largest absolute Gasteiger partial charge is 0.433 e. The average Bonchev–Trinajstić information content (AvgIpc) is 3.25. The van der Waals surface area contributed by atoms with Crippen molar-refractivity contribution in [3.63, 3.8) is 0 Å². The molecule has 0 amide bonds. The molecule has 0 unspecified atom stereocenters. The minimum Gasteiger partial charge on any atom is -0.397 e. The van der Waals surface area contributed by atoms with E-state index in [1.807, 2.05) is 0 Å². The molecule has 0 spiro atoms. The van der Waals surface area contributed by atoms with Crippen LogP contribution in [0.15, 0.2) is 65.6 Å². The Balaban J connectivity index is 1.75. The van der Waals surface area contributed by atoms with Gasteiger partial charge in [0.2, 0.25) is 0 Å². The highest BCUT2D eigenvalue weighted by atomic mass is 35.5. The van der Waals surface area contributed by atoms with Crippen LogP contribution in [0.25, 0.3) is 38.8 Å². The first kappa shape index (κ1) is 25.7. The van der Waals surface area contributed by atoms with Gasteiger partial charge < -0.3 is 5.73 Å². The Morgan fingerprint density at radius 2 is 1.76 bits per heavy atom. The molecule has 196 valence electrons. The van der Waals surface area contributed by atoms with E-state index in [-0.39, 0.29) is 40.3 Å². The van der Waals surface area contributed by atoms with Crippen molar-refractivity contribution in [2.24, 2.45) is 0 Å². The summed E-state index contributed by atoms with van der Waals surface area (Å²) < 4.78 is 66.0. The number of aromatic nitrogens is 4. The SMILES string of the molecule is CS(=O)(=O)CCn1cc2cc(-c3c(N)c4ccc(C(F)(F)F)nc4n(-c4ccc(Cl)cc4)c3=O)ccc2n1. The number of hydrogen-bond donors (Lipinski definition) is 1. The van der Waals surface area contributed by atoms with Crippen LogP contribution in [0.3, 0.4) is 0 Å². The number of alkyl halides is 3. The molecule has 0 saturated carbocycles. The number of rotatable bonds is 5. The number of pyridine rings is 2. The number of halogens is 4. The van der Waals surface area contributed by atoms with Gasteiger partial charge in [0.05, 0.1) is 34.8 Å². The van der Waals surface area contributed by atoms with Crippen LogP contribution in [0.5, 0.6) is 0 Å². The maximum atomic E-state index is 13.8. The van der Waals surface area contributed by atoms with Crippen molar-refractivity contribution in [1.82, 2.24) is 19.3 Å². The van der Waals surface area contributed by atoms with Crippen LogP contribution in [0, 0.1) is 0 Å². The van der Waals surface area contributed by atoms with Gasteiger partial charge in [0.25, 0.3) is 5.56 Å². The molecule has 38 heavy (non-hydrogen) atoms. The van der Waals surface area contributed by atoms with Gasteiger partial charge in [0, 0.05) is 28.2 Å². The Kier molecular flexibility index (Phi) is 6.19. The second-order valence-electron chi connectivity index (χ2n) is 8.77. The minimum absolute atomic E-state index is 0.0275. The number of hydrogen-bond acceptors (Lipinski definition) is 6. The molecular formula is C25H19ClF3N5O3S. The van der Waals surface area contributed by atoms with Crippen molar-refractivity contribution in [3.05, 3.63) is 81.9 Å². The van der Waals surface area contributed by atoms with E-state index in [2.05, 4.69) is 10.1 Å². The third-order valence-electron chi connectivity index (χ3n) is 5.97. The van der Waals surface area contributed by atoms with Crippen molar-refractivity contribution in [2.45, 2.75) is 12.7 Å². The Morgan fingerprint density at radius 3 is 2.42 bits per heavy atom. The first-order chi connectivity index (χ1) is 17.8. The van der Waals surface area contributed by atoms with Gasteiger partial charge in [0.15, 0.2) is 0 Å². The zero-order valence-electron chi connectivity index (χ0n) is 19.7. The molecule has 0 aliphatic rings. The first-order valence-corrected chi connectivity index (χ1v) is 13.6. The van der Waals surface area contributed by atoms with Crippen LogP contribution >= 0.6 is 11.6 Å². The molecule has 0 radical (unpaired) electrons. The quantitative estimate of drug-likeness (QED) is 0.333. The molecule has 8 nitrogen and oxygen atoms in total. The molecule has 3 heterocycles. The highest BCUT2D eigenvalue weighted by Gasteiger charge is 2.33. The fraction of sp³-hybridized carbons (Fsp3) is 0.160. The molecule has 13 heteroatoms. The van der Waals surface area contributed by atoms with Crippen LogP contribution in [-0.2, 0) is 22.6 Å². The van der Waals surface area contributed by atoms with Gasteiger partial charge in [-0.05, 0) is 54.1 Å². The molecule has 0 saturated heterocycles. The summed E-state index contributed by atoms with van der Waals surface area (Å²) in [5.74, 6) is -0.0931. The molecule has 2 N–H and O–H groups in total. The van der Waals surface area contributed by atoms with Crippen LogP contribution in [-0.4, -0.2) is 39.8 Å². The molecule has 0 atom stereocenters. The Labute approximate surface area is 219 Å². The Morgan fingerprint density at radius 1 is 1.05 bits per heavy atom. The Bertz CT molecular complexity index is 1880. The van der Waals surface area contributed by atoms with Crippen molar-refractivity contribution >= 4 is 49.1 Å². The molecular weight excluding hydrogens is 543 g/mol. The molecule has 0 aliphatic carbocycles. The van der Waals surface area contributed by atoms with Crippen LogP contribution in [0.4, 0.5) is 18.9 Å². The number of aryl methyl sites for hydroxylation is 1. The number of nitrogens with zero attached hydrogens (tertiary/aromatic N) is 4. The summed E-state index contributed by atoms with van der Waals surface area (Å²) >= 11 is 5.99. The van der Waals surface area contributed by atoms with Crippen LogP contribution < -0.4 is 11.3 Å². The van der Waals surface area contributed by atoms with Crippen molar-refractivity contribution in [1.29, 1.82) is 0 Å². The van der Waals surface area contributed by atoms with E-state index >= 15 is 0 Å². The standard InChI is InChI=1S/C25H19ClF3N5O3S/c1-38(36,37)11-10-33-13-15-12-14(2-8-19(15)32-33)21-22(30)18-7-9-20(25(27,28)29)31-23(18)34(24(21)35)17-5-3-16(26)4-6-17/h2-9,12-13H,10-11,30H2,1H3. The second kappa shape index (κ2) is 9.14. The van der Waals surface area contributed by atoms with Gasteiger partial charge in [-0.25, -0.2) is 13.4 Å². The van der Waals surface area contributed by atoms with E-state index in [9.17, 15) is 26.4 Å². The minimum atomic E-state index is -4.73. The predicted octanol–water partition coefficient (Wildman–Crippen LogP) is 4.70. The molecule has 2 aromatic carbocycles. The fourth-order valence-corrected chi connectivity index (χ4v) is 4.80. The number of anilines is 1. The molecule has 3 aromatic heterocycles. The van der Waals surface area contributed by atoms with E-state index in [1.54, 1.807) is 24.4 Å². The Hall–Kier alpha value is -3.90. The van der Waals surface area contributed by atoms with Crippen LogP contribution in [0.1, 0.15) is 5.69 Å². The van der Waals surface area contributed by atoms with Crippen molar-refractivity contribution < 1.29 is 21.6 Å². The lowest BCUT2D eigenvalue weighted by atomic mass is 10.0. The summed E-state index contributed by atoms with van der Waals surface area (Å²) in [7, 11) is -3.20. The number of benzene rings is 2. The highest BCUT2D eigenvalue weighted by Crippen LogP contribution is 2.35. The average molecular weight is 562 g/mol. The lowest BCUT2D eigenvalue weighted by molar-refractivity contribution is -0.141. The van der Waals surface area contributed by atoms with Gasteiger partial charge in [-0.2, -0.15) is 18.3 Å². The van der Waals surface area contributed by atoms with Gasteiger partial charge in [-0.1, -0.05) is 17.7 Å². The number of nitrogen functional groups attached to an aromatic ring is 1. The third kappa shape index (κ3) is 4.84. The molecule has 5 aromatic rings. The summed E-state index contributed by atoms with van der Waals surface area (Å²) in [5, 5.41) is 5.52. The highest BCUT2D eigenvalue weighted by molar-refractivity contribution is 7.90. The smallest absolute Gasteiger partial charge is 0.397 e. The zero-order valence-corrected chi connectivity index (χ0v) is 21.3. The summed E-state index contributed by atoms with van der Waals surface area (Å²) in [6, 6.07) is 13.0. The summed E-state index contributed by atoms with van der Waals surface area (Å²) in [5.41, 5.74) is 5.57. The number of nitrogens with two attached hydrogens (primary N) is 1. The normalized spacial score (nSPS) is 12.4. The molecule has 0 bridgehead atoms. The van der Waals surface area contributed by atoms with Crippen molar-refractivity contribution in [3.8, 4) is 16.8 Å². The number of sulfone groups is 1. The monoisotopic (exact) mass is 561 g/mol. The topological polar surface area (TPSA) is 113 Å².